The van der Waals surface area contributed by atoms with E-state index in [0.29, 0.717) is 17.5 Å². The molecular formula is C22H24N2O4. The van der Waals surface area contributed by atoms with E-state index in [1.807, 2.05) is 31.2 Å². The van der Waals surface area contributed by atoms with Gasteiger partial charge in [-0.15, -0.1) is 0 Å². The summed E-state index contributed by atoms with van der Waals surface area (Å²) in [4.78, 5) is 38.2. The Hall–Kier alpha value is -3.15. The fourth-order valence-electron chi connectivity index (χ4n) is 3.36. The zero-order chi connectivity index (χ0) is 20.1. The van der Waals surface area contributed by atoms with Gasteiger partial charge in [0.05, 0.1) is 24.3 Å². The third-order valence-electron chi connectivity index (χ3n) is 4.93. The molecule has 0 radical (unpaired) electrons. The maximum atomic E-state index is 12.3. The average molecular weight is 380 g/mol. The zero-order valence-corrected chi connectivity index (χ0v) is 16.1. The Morgan fingerprint density at radius 2 is 1.64 bits per heavy atom. The monoisotopic (exact) mass is 380 g/mol. The number of imide groups is 1. The van der Waals surface area contributed by atoms with Crippen LogP contribution in [-0.2, 0) is 4.79 Å². The zero-order valence-electron chi connectivity index (χ0n) is 16.1. The Balaban J connectivity index is 1.51. The first-order valence-electron chi connectivity index (χ1n) is 9.43. The third kappa shape index (κ3) is 4.06. The van der Waals surface area contributed by atoms with Crippen LogP contribution in [0.2, 0.25) is 0 Å². The number of carbonyl (C=O) groups excluding carboxylic acids is 3. The molecule has 0 aromatic heterocycles. The van der Waals surface area contributed by atoms with E-state index in [9.17, 15) is 14.4 Å². The minimum absolute atomic E-state index is 0.0855. The van der Waals surface area contributed by atoms with E-state index in [1.54, 1.807) is 31.4 Å². The molecule has 0 spiro atoms. The van der Waals surface area contributed by atoms with Crippen molar-refractivity contribution in [2.45, 2.75) is 32.2 Å². The normalized spacial score (nSPS) is 14.0. The van der Waals surface area contributed by atoms with E-state index in [0.717, 1.165) is 17.7 Å². The van der Waals surface area contributed by atoms with Crippen LogP contribution >= 0.6 is 0 Å². The molecule has 3 amide bonds. The van der Waals surface area contributed by atoms with Gasteiger partial charge in [-0.05, 0) is 42.7 Å². The van der Waals surface area contributed by atoms with Gasteiger partial charge in [0.15, 0.2) is 0 Å². The lowest BCUT2D eigenvalue weighted by Gasteiger charge is -2.18. The minimum atomic E-state index is -0.286. The molecule has 1 heterocycles. The second-order valence-electron chi connectivity index (χ2n) is 6.71. The highest BCUT2D eigenvalue weighted by molar-refractivity contribution is 6.21. The summed E-state index contributed by atoms with van der Waals surface area (Å²) in [5.41, 5.74) is 1.88. The predicted octanol–water partition coefficient (Wildman–Crippen LogP) is 3.34. The fourth-order valence-corrected chi connectivity index (χ4v) is 3.36. The summed E-state index contributed by atoms with van der Waals surface area (Å²) in [6, 6.07) is 14.3. The number of nitrogens with zero attached hydrogens (tertiary/aromatic N) is 1. The van der Waals surface area contributed by atoms with Crippen molar-refractivity contribution in [2.24, 2.45) is 0 Å². The van der Waals surface area contributed by atoms with Crippen molar-refractivity contribution in [3.8, 4) is 5.75 Å². The fraction of sp³-hybridized carbons (Fsp3) is 0.318. The van der Waals surface area contributed by atoms with Crippen LogP contribution in [-0.4, -0.2) is 36.3 Å². The van der Waals surface area contributed by atoms with Crippen LogP contribution in [0.3, 0.4) is 0 Å². The standard InChI is InChI=1S/C22H24N2O4/c1-3-19(15-10-12-16(28-2)13-11-15)23-20(25)9-6-14-24-21(26)17-7-4-5-8-18(17)22(24)27/h4-5,7-8,10-13,19H,3,6,9,14H2,1-2H3,(H,23,25)/t19-/m1/s1. The first-order valence-corrected chi connectivity index (χ1v) is 9.43. The third-order valence-corrected chi connectivity index (χ3v) is 4.93. The summed E-state index contributed by atoms with van der Waals surface area (Å²) < 4.78 is 5.16. The number of ether oxygens (including phenoxy) is 1. The van der Waals surface area contributed by atoms with Crippen LogP contribution in [0.1, 0.15) is 58.5 Å². The Kier molecular flexibility index (Phi) is 6.09. The average Bonchev–Trinajstić information content (AvgIpc) is 2.97. The lowest BCUT2D eigenvalue weighted by atomic mass is 10.0. The summed E-state index contributed by atoms with van der Waals surface area (Å²) in [5.74, 6) is 0.0986. The van der Waals surface area contributed by atoms with Crippen molar-refractivity contribution in [3.63, 3.8) is 0 Å². The number of rotatable bonds is 8. The lowest BCUT2D eigenvalue weighted by molar-refractivity contribution is -0.122. The van der Waals surface area contributed by atoms with Crippen molar-refractivity contribution in [1.82, 2.24) is 10.2 Å². The number of amides is 3. The first-order chi connectivity index (χ1) is 13.5. The number of methoxy groups -OCH3 is 1. The van der Waals surface area contributed by atoms with Crippen molar-refractivity contribution in [1.29, 1.82) is 0 Å². The molecular weight excluding hydrogens is 356 g/mol. The number of hydrogen-bond donors (Lipinski definition) is 1. The number of benzene rings is 2. The molecule has 0 fully saturated rings. The van der Waals surface area contributed by atoms with Gasteiger partial charge in [0.25, 0.3) is 11.8 Å². The molecule has 0 saturated heterocycles. The lowest BCUT2D eigenvalue weighted by Crippen LogP contribution is -2.32. The van der Waals surface area contributed by atoms with Crippen molar-refractivity contribution >= 4 is 17.7 Å². The number of nitrogens with one attached hydrogen (secondary N) is 1. The van der Waals surface area contributed by atoms with Crippen LogP contribution < -0.4 is 10.1 Å². The molecule has 6 nitrogen and oxygen atoms in total. The van der Waals surface area contributed by atoms with Gasteiger partial charge in [-0.1, -0.05) is 31.2 Å². The van der Waals surface area contributed by atoms with Gasteiger partial charge in [0, 0.05) is 13.0 Å². The van der Waals surface area contributed by atoms with Gasteiger partial charge >= 0.3 is 0 Å². The van der Waals surface area contributed by atoms with Gasteiger partial charge < -0.3 is 10.1 Å². The predicted molar refractivity (Wildman–Crippen MR) is 105 cm³/mol. The van der Waals surface area contributed by atoms with E-state index in [1.165, 1.54) is 4.90 Å². The first kappa shape index (κ1) is 19.6. The molecule has 1 aliphatic rings. The van der Waals surface area contributed by atoms with Gasteiger partial charge in [-0.3, -0.25) is 19.3 Å². The van der Waals surface area contributed by atoms with Crippen molar-refractivity contribution < 1.29 is 19.1 Å². The molecule has 0 unspecified atom stereocenters. The van der Waals surface area contributed by atoms with Gasteiger partial charge in [0.2, 0.25) is 5.91 Å². The quantitative estimate of drug-likeness (QED) is 0.713. The maximum Gasteiger partial charge on any atom is 0.261 e. The molecule has 1 aliphatic heterocycles. The molecule has 2 aromatic carbocycles. The topological polar surface area (TPSA) is 75.7 Å². The molecule has 28 heavy (non-hydrogen) atoms. The maximum absolute atomic E-state index is 12.3. The molecule has 2 aromatic rings. The highest BCUT2D eigenvalue weighted by Crippen LogP contribution is 2.23. The van der Waals surface area contributed by atoms with E-state index >= 15 is 0 Å². The van der Waals surface area contributed by atoms with Crippen LogP contribution in [0.25, 0.3) is 0 Å². The van der Waals surface area contributed by atoms with E-state index in [4.69, 9.17) is 4.74 Å². The van der Waals surface area contributed by atoms with Crippen molar-refractivity contribution in [2.75, 3.05) is 13.7 Å². The van der Waals surface area contributed by atoms with E-state index in [-0.39, 0.29) is 36.7 Å². The summed E-state index contributed by atoms with van der Waals surface area (Å²) >= 11 is 0. The van der Waals surface area contributed by atoms with Crippen LogP contribution in [0, 0.1) is 0 Å². The van der Waals surface area contributed by atoms with Crippen molar-refractivity contribution in [3.05, 3.63) is 65.2 Å². The summed E-state index contributed by atoms with van der Waals surface area (Å²) in [6.07, 6.45) is 1.44. The Labute approximate surface area is 164 Å². The van der Waals surface area contributed by atoms with E-state index < -0.39 is 0 Å². The van der Waals surface area contributed by atoms with Crippen LogP contribution in [0.15, 0.2) is 48.5 Å². The molecule has 0 aliphatic carbocycles. The van der Waals surface area contributed by atoms with Gasteiger partial charge in [-0.2, -0.15) is 0 Å². The van der Waals surface area contributed by atoms with Gasteiger partial charge in [0.1, 0.15) is 5.75 Å². The molecule has 0 bridgehead atoms. The minimum Gasteiger partial charge on any atom is -0.497 e. The number of carbonyl (C=O) groups is 3. The van der Waals surface area contributed by atoms with Crippen LogP contribution in [0.4, 0.5) is 0 Å². The summed E-state index contributed by atoms with van der Waals surface area (Å²) in [7, 11) is 1.61. The Morgan fingerprint density at radius 1 is 1.04 bits per heavy atom. The second-order valence-corrected chi connectivity index (χ2v) is 6.71. The highest BCUT2D eigenvalue weighted by atomic mass is 16.5. The summed E-state index contributed by atoms with van der Waals surface area (Å²) in [5, 5.41) is 3.02. The SMILES string of the molecule is CC[C@@H](NC(=O)CCCN1C(=O)c2ccccc2C1=O)c1ccc(OC)cc1. The smallest absolute Gasteiger partial charge is 0.261 e. The largest absolute Gasteiger partial charge is 0.497 e. The summed E-state index contributed by atoms with van der Waals surface area (Å²) in [6.45, 7) is 2.24. The molecule has 3 rings (SSSR count). The highest BCUT2D eigenvalue weighted by Gasteiger charge is 2.34. The molecule has 146 valence electrons. The Morgan fingerprint density at radius 3 is 2.18 bits per heavy atom. The second kappa shape index (κ2) is 8.69. The van der Waals surface area contributed by atoms with E-state index in [2.05, 4.69) is 5.32 Å². The van der Waals surface area contributed by atoms with Crippen LogP contribution in [0.5, 0.6) is 5.75 Å². The molecule has 6 heteroatoms. The molecule has 1 atom stereocenters. The Bertz CT molecular complexity index is 841. The number of hydrogen-bond acceptors (Lipinski definition) is 4. The molecule has 0 saturated carbocycles. The molecule has 1 N–H and O–H groups in total. The number of fused-ring (bicyclic) bond motifs is 1. The van der Waals surface area contributed by atoms with Gasteiger partial charge in [-0.25, -0.2) is 0 Å².